The van der Waals surface area contributed by atoms with Gasteiger partial charge in [-0.3, -0.25) is 4.79 Å². The summed E-state index contributed by atoms with van der Waals surface area (Å²) in [6, 6.07) is 8.34. The molecule has 1 aromatic heterocycles. The molecule has 0 atom stereocenters. The molecule has 0 unspecified atom stereocenters. The van der Waals surface area contributed by atoms with E-state index in [-0.39, 0.29) is 11.2 Å². The lowest BCUT2D eigenvalue weighted by molar-refractivity contribution is 0.464. The van der Waals surface area contributed by atoms with Gasteiger partial charge in [-0.1, -0.05) is 25.5 Å². The summed E-state index contributed by atoms with van der Waals surface area (Å²) < 4.78 is 1.86. The average Bonchev–Trinajstić information content (AvgIpc) is 3.33. The van der Waals surface area contributed by atoms with Gasteiger partial charge in [-0.25, -0.2) is 0 Å². The van der Waals surface area contributed by atoms with Crippen molar-refractivity contribution >= 4 is 0 Å². The van der Waals surface area contributed by atoms with E-state index in [1.54, 1.807) is 0 Å². The largest absolute Gasteiger partial charge is 0.503 e. The van der Waals surface area contributed by atoms with E-state index in [0.717, 1.165) is 30.5 Å². The van der Waals surface area contributed by atoms with E-state index >= 15 is 0 Å². The molecular weight excluding hydrogens is 262 g/mol. The molecule has 2 aromatic rings. The molecule has 1 saturated carbocycles. The zero-order valence-electron chi connectivity index (χ0n) is 12.4. The van der Waals surface area contributed by atoms with Crippen LogP contribution in [0.1, 0.15) is 49.7 Å². The van der Waals surface area contributed by atoms with E-state index in [0.29, 0.717) is 5.92 Å². The summed E-state index contributed by atoms with van der Waals surface area (Å²) in [7, 11) is 0. The molecule has 0 amide bonds. The fourth-order valence-corrected chi connectivity index (χ4v) is 2.63. The zero-order chi connectivity index (χ0) is 14.8. The normalized spacial score (nSPS) is 14.3. The van der Waals surface area contributed by atoms with Crippen molar-refractivity contribution in [1.29, 1.82) is 0 Å². The molecule has 1 aliphatic carbocycles. The minimum Gasteiger partial charge on any atom is -0.503 e. The third-order valence-corrected chi connectivity index (χ3v) is 4.11. The fraction of sp³-hybridized carbons (Fsp3) is 0.389. The Morgan fingerprint density at radius 1 is 1.19 bits per heavy atom. The predicted molar refractivity (Wildman–Crippen MR) is 84.3 cm³/mol. The Morgan fingerprint density at radius 3 is 2.52 bits per heavy atom. The van der Waals surface area contributed by atoms with E-state index in [4.69, 9.17) is 0 Å². The van der Waals surface area contributed by atoms with Crippen molar-refractivity contribution in [3.8, 4) is 11.4 Å². The summed E-state index contributed by atoms with van der Waals surface area (Å²) in [6.07, 6.45) is 8.98. The highest BCUT2D eigenvalue weighted by Crippen LogP contribution is 2.38. The summed E-state index contributed by atoms with van der Waals surface area (Å²) in [4.78, 5) is 11.9. The van der Waals surface area contributed by atoms with Crippen molar-refractivity contribution in [3.63, 3.8) is 0 Å². The summed E-state index contributed by atoms with van der Waals surface area (Å²) in [6.45, 7) is 2.19. The van der Waals surface area contributed by atoms with Crippen molar-refractivity contribution in [2.24, 2.45) is 0 Å². The quantitative estimate of drug-likeness (QED) is 0.907. The average molecular weight is 283 g/mol. The van der Waals surface area contributed by atoms with E-state index in [9.17, 15) is 9.90 Å². The van der Waals surface area contributed by atoms with Crippen LogP contribution < -0.4 is 5.43 Å². The van der Waals surface area contributed by atoms with E-state index in [1.165, 1.54) is 24.6 Å². The van der Waals surface area contributed by atoms with Gasteiger partial charge in [0.15, 0.2) is 5.75 Å². The topological polar surface area (TPSA) is 42.2 Å². The maximum absolute atomic E-state index is 11.9. The van der Waals surface area contributed by atoms with Crippen LogP contribution in [0.4, 0.5) is 0 Å². The third kappa shape index (κ3) is 3.02. The van der Waals surface area contributed by atoms with Crippen LogP contribution in [-0.2, 0) is 6.42 Å². The van der Waals surface area contributed by atoms with Gasteiger partial charge in [-0.05, 0) is 49.3 Å². The van der Waals surface area contributed by atoms with Crippen LogP contribution in [0.5, 0.6) is 5.75 Å². The number of hydrogen-bond acceptors (Lipinski definition) is 2. The standard InChI is InChI=1S/C18H21NO2/c1-2-3-4-13-5-9-15(10-6-13)19-11-16(14-7-8-14)18(21)17(20)12-19/h5-6,9-12,14,20H,2-4,7-8H2,1H3. The van der Waals surface area contributed by atoms with Crippen molar-refractivity contribution in [2.45, 2.75) is 44.9 Å². The highest BCUT2D eigenvalue weighted by molar-refractivity contribution is 5.39. The number of rotatable bonds is 5. The molecule has 3 rings (SSSR count). The molecule has 21 heavy (non-hydrogen) atoms. The number of hydrogen-bond donors (Lipinski definition) is 1. The smallest absolute Gasteiger partial charge is 0.226 e. The molecule has 3 heteroatoms. The third-order valence-electron chi connectivity index (χ3n) is 4.11. The van der Waals surface area contributed by atoms with Crippen LogP contribution in [0, 0.1) is 0 Å². The Labute approximate surface area is 124 Å². The Bertz CT molecular complexity index is 681. The molecule has 0 saturated heterocycles. The van der Waals surface area contributed by atoms with Crippen LogP contribution in [0.25, 0.3) is 5.69 Å². The van der Waals surface area contributed by atoms with E-state index < -0.39 is 0 Å². The Balaban J connectivity index is 1.91. The number of benzene rings is 1. The van der Waals surface area contributed by atoms with Crippen molar-refractivity contribution in [1.82, 2.24) is 4.57 Å². The molecule has 1 heterocycles. The molecule has 1 fully saturated rings. The van der Waals surface area contributed by atoms with Gasteiger partial charge in [0.25, 0.3) is 0 Å². The summed E-state index contributed by atoms with van der Waals surface area (Å²) in [5, 5.41) is 9.86. The number of pyridine rings is 1. The molecule has 1 aromatic carbocycles. The van der Waals surface area contributed by atoms with Gasteiger partial charge in [-0.15, -0.1) is 0 Å². The first-order chi connectivity index (χ1) is 10.2. The Hall–Kier alpha value is -2.03. The molecule has 0 radical (unpaired) electrons. The highest BCUT2D eigenvalue weighted by Gasteiger charge is 2.27. The number of aromatic hydroxyl groups is 1. The highest BCUT2D eigenvalue weighted by atomic mass is 16.3. The molecule has 1 N–H and O–H groups in total. The Morgan fingerprint density at radius 2 is 1.90 bits per heavy atom. The van der Waals surface area contributed by atoms with Gasteiger partial charge in [0.1, 0.15) is 0 Å². The SMILES string of the molecule is CCCCc1ccc(-n2cc(O)c(=O)c(C3CC3)c2)cc1. The van der Waals surface area contributed by atoms with Gasteiger partial charge >= 0.3 is 0 Å². The van der Waals surface area contributed by atoms with Crippen molar-refractivity contribution in [3.05, 3.63) is 58.0 Å². The summed E-state index contributed by atoms with van der Waals surface area (Å²) in [5.41, 5.74) is 2.83. The van der Waals surface area contributed by atoms with Crippen molar-refractivity contribution < 1.29 is 5.11 Å². The van der Waals surface area contributed by atoms with Crippen LogP contribution in [0.3, 0.4) is 0 Å². The van der Waals surface area contributed by atoms with Crippen molar-refractivity contribution in [2.75, 3.05) is 0 Å². The lowest BCUT2D eigenvalue weighted by atomic mass is 10.1. The van der Waals surface area contributed by atoms with Crippen LogP contribution in [0.15, 0.2) is 41.5 Å². The van der Waals surface area contributed by atoms with Crippen LogP contribution >= 0.6 is 0 Å². The fourth-order valence-electron chi connectivity index (χ4n) is 2.63. The molecule has 110 valence electrons. The van der Waals surface area contributed by atoms with E-state index in [2.05, 4.69) is 19.1 Å². The molecule has 0 aliphatic heterocycles. The second-order valence-corrected chi connectivity index (χ2v) is 5.88. The Kier molecular flexibility index (Phi) is 3.82. The molecular formula is C18H21NO2. The maximum Gasteiger partial charge on any atom is 0.226 e. The van der Waals surface area contributed by atoms with Gasteiger partial charge in [0, 0.05) is 17.4 Å². The number of unbranched alkanes of at least 4 members (excludes halogenated alkanes) is 1. The molecule has 0 spiro atoms. The first-order valence-corrected chi connectivity index (χ1v) is 7.73. The second-order valence-electron chi connectivity index (χ2n) is 5.88. The lowest BCUT2D eigenvalue weighted by Gasteiger charge is -2.10. The van der Waals surface area contributed by atoms with Gasteiger partial charge in [-0.2, -0.15) is 0 Å². The number of aromatic nitrogens is 1. The number of aryl methyl sites for hydroxylation is 1. The van der Waals surface area contributed by atoms with Crippen LogP contribution in [0.2, 0.25) is 0 Å². The van der Waals surface area contributed by atoms with Crippen LogP contribution in [-0.4, -0.2) is 9.67 Å². The minimum atomic E-state index is -0.215. The minimum absolute atomic E-state index is 0.158. The van der Waals surface area contributed by atoms with Gasteiger partial charge in [0.2, 0.25) is 5.43 Å². The zero-order valence-corrected chi connectivity index (χ0v) is 12.4. The molecule has 0 bridgehead atoms. The molecule has 3 nitrogen and oxygen atoms in total. The van der Waals surface area contributed by atoms with Gasteiger partial charge in [0.05, 0.1) is 6.20 Å². The van der Waals surface area contributed by atoms with Gasteiger partial charge < -0.3 is 9.67 Å². The van der Waals surface area contributed by atoms with E-state index in [1.807, 2.05) is 22.9 Å². The first-order valence-electron chi connectivity index (χ1n) is 7.73. The number of nitrogens with zero attached hydrogens (tertiary/aromatic N) is 1. The summed E-state index contributed by atoms with van der Waals surface area (Å²) in [5.74, 6) is 0.175. The maximum atomic E-state index is 11.9. The predicted octanol–water partition coefficient (Wildman–Crippen LogP) is 3.76. The monoisotopic (exact) mass is 283 g/mol. The lowest BCUT2D eigenvalue weighted by Crippen LogP contribution is -2.11. The summed E-state index contributed by atoms with van der Waals surface area (Å²) >= 11 is 0. The first kappa shape index (κ1) is 13.9. The molecule has 1 aliphatic rings. The second kappa shape index (κ2) is 5.76.